The van der Waals surface area contributed by atoms with Crippen LogP contribution >= 0.6 is 0 Å². The van der Waals surface area contributed by atoms with Crippen LogP contribution in [0.3, 0.4) is 0 Å². The zero-order chi connectivity index (χ0) is 14.6. The summed E-state index contributed by atoms with van der Waals surface area (Å²) in [5.41, 5.74) is 1.77. The van der Waals surface area contributed by atoms with Crippen LogP contribution in [0.1, 0.15) is 58.9 Å². The molecule has 0 radical (unpaired) electrons. The molecule has 0 spiro atoms. The van der Waals surface area contributed by atoms with E-state index in [1.165, 1.54) is 31.2 Å². The van der Waals surface area contributed by atoms with Gasteiger partial charge in [-0.2, -0.15) is 0 Å². The highest BCUT2D eigenvalue weighted by molar-refractivity contribution is 5.33. The Morgan fingerprint density at radius 2 is 2.00 bits per heavy atom. The van der Waals surface area contributed by atoms with E-state index in [1.807, 2.05) is 0 Å². The van der Waals surface area contributed by atoms with Crippen LogP contribution < -0.4 is 10.1 Å². The Balaban J connectivity index is 2.00. The summed E-state index contributed by atoms with van der Waals surface area (Å²) in [6, 6.07) is 9.42. The van der Waals surface area contributed by atoms with Gasteiger partial charge in [-0.1, -0.05) is 26.0 Å². The van der Waals surface area contributed by atoms with Crippen molar-refractivity contribution in [3.63, 3.8) is 0 Å². The van der Waals surface area contributed by atoms with Crippen LogP contribution in [0.5, 0.6) is 5.75 Å². The van der Waals surface area contributed by atoms with Crippen molar-refractivity contribution in [3.8, 4) is 5.75 Å². The molecule has 0 saturated heterocycles. The molecule has 2 nitrogen and oxygen atoms in total. The minimum atomic E-state index is 0.241. The van der Waals surface area contributed by atoms with E-state index < -0.39 is 0 Å². The van der Waals surface area contributed by atoms with E-state index in [0.717, 1.165) is 12.3 Å². The highest BCUT2D eigenvalue weighted by Gasteiger charge is 2.36. The fraction of sp³-hybridized carbons (Fsp3) is 0.667. The Morgan fingerprint density at radius 1 is 1.30 bits per heavy atom. The summed E-state index contributed by atoms with van der Waals surface area (Å²) < 4.78 is 5.73. The molecule has 2 rings (SSSR count). The lowest BCUT2D eigenvalue weighted by Gasteiger charge is -2.25. The molecule has 1 aliphatic carbocycles. The first-order chi connectivity index (χ1) is 9.53. The molecule has 1 aromatic rings. The molecule has 1 fully saturated rings. The number of ether oxygens (including phenoxy) is 1. The first kappa shape index (κ1) is 15.4. The zero-order valence-corrected chi connectivity index (χ0v) is 13.4. The van der Waals surface area contributed by atoms with Crippen molar-refractivity contribution in [2.45, 2.75) is 70.9 Å². The van der Waals surface area contributed by atoms with Crippen molar-refractivity contribution in [2.24, 2.45) is 0 Å². The topological polar surface area (TPSA) is 21.3 Å². The fourth-order valence-electron chi connectivity index (χ4n) is 3.23. The van der Waals surface area contributed by atoms with Gasteiger partial charge in [-0.05, 0) is 69.2 Å². The second-order valence-corrected chi connectivity index (χ2v) is 6.65. The van der Waals surface area contributed by atoms with Crippen molar-refractivity contribution in [3.05, 3.63) is 29.8 Å². The molecule has 2 heteroatoms. The molecule has 1 saturated carbocycles. The lowest BCUT2D eigenvalue weighted by molar-refractivity contribution is 0.242. The predicted octanol–water partition coefficient (Wildman–Crippen LogP) is 4.28. The highest BCUT2D eigenvalue weighted by Crippen LogP contribution is 2.41. The lowest BCUT2D eigenvalue weighted by atomic mass is 9.81. The van der Waals surface area contributed by atoms with Gasteiger partial charge in [0.2, 0.25) is 0 Å². The Kier molecular flexibility index (Phi) is 5.09. The molecule has 0 aromatic heterocycles. The number of benzene rings is 1. The molecule has 2 atom stereocenters. The Morgan fingerprint density at radius 3 is 2.60 bits per heavy atom. The Hall–Kier alpha value is -1.02. The second-order valence-electron chi connectivity index (χ2n) is 6.65. The van der Waals surface area contributed by atoms with Crippen LogP contribution in [0.2, 0.25) is 0 Å². The summed E-state index contributed by atoms with van der Waals surface area (Å²) in [6.45, 7) is 9.90. The standard InChI is InChI=1S/C18H29NO/c1-5-12-19-16-10-11-18(4,13-16)15-6-8-17(9-7-15)20-14(2)3/h6-9,14,16,19H,5,10-13H2,1-4H3. The number of hydrogen-bond donors (Lipinski definition) is 1. The van der Waals surface area contributed by atoms with Gasteiger partial charge in [-0.15, -0.1) is 0 Å². The predicted molar refractivity (Wildman–Crippen MR) is 85.5 cm³/mol. The average Bonchev–Trinajstić information content (AvgIpc) is 2.79. The third-order valence-corrected chi connectivity index (χ3v) is 4.35. The molecule has 0 aliphatic heterocycles. The van der Waals surface area contributed by atoms with E-state index in [-0.39, 0.29) is 6.10 Å². The van der Waals surface area contributed by atoms with Crippen LogP contribution in [-0.2, 0) is 5.41 Å². The first-order valence-corrected chi connectivity index (χ1v) is 8.04. The molecular weight excluding hydrogens is 246 g/mol. The van der Waals surface area contributed by atoms with Gasteiger partial charge in [0.1, 0.15) is 5.75 Å². The normalized spacial score (nSPS) is 26.1. The molecule has 2 unspecified atom stereocenters. The maximum Gasteiger partial charge on any atom is 0.119 e. The molecule has 0 amide bonds. The fourth-order valence-corrected chi connectivity index (χ4v) is 3.23. The summed E-state index contributed by atoms with van der Waals surface area (Å²) in [6.07, 6.45) is 5.27. The smallest absolute Gasteiger partial charge is 0.119 e. The summed E-state index contributed by atoms with van der Waals surface area (Å²) in [5, 5.41) is 3.67. The van der Waals surface area contributed by atoms with E-state index in [1.54, 1.807) is 0 Å². The summed E-state index contributed by atoms with van der Waals surface area (Å²) in [7, 11) is 0. The van der Waals surface area contributed by atoms with Crippen LogP contribution in [0.4, 0.5) is 0 Å². The molecule has 1 aliphatic rings. The van der Waals surface area contributed by atoms with Gasteiger partial charge < -0.3 is 10.1 Å². The van der Waals surface area contributed by atoms with Crippen LogP contribution in [0, 0.1) is 0 Å². The van der Waals surface area contributed by atoms with Crippen LogP contribution in [0.15, 0.2) is 24.3 Å². The monoisotopic (exact) mass is 275 g/mol. The summed E-state index contributed by atoms with van der Waals surface area (Å²) in [4.78, 5) is 0. The van der Waals surface area contributed by atoms with Crippen LogP contribution in [0.25, 0.3) is 0 Å². The van der Waals surface area contributed by atoms with E-state index >= 15 is 0 Å². The van der Waals surface area contributed by atoms with Crippen molar-refractivity contribution < 1.29 is 4.74 Å². The summed E-state index contributed by atoms with van der Waals surface area (Å²) in [5.74, 6) is 0.978. The molecule has 1 aromatic carbocycles. The van der Waals surface area contributed by atoms with Crippen LogP contribution in [-0.4, -0.2) is 18.7 Å². The molecule has 0 heterocycles. The number of nitrogens with one attached hydrogen (secondary N) is 1. The van der Waals surface area contributed by atoms with Gasteiger partial charge in [0, 0.05) is 6.04 Å². The SMILES string of the molecule is CCCNC1CCC(C)(c2ccc(OC(C)C)cc2)C1. The first-order valence-electron chi connectivity index (χ1n) is 8.04. The largest absolute Gasteiger partial charge is 0.491 e. The molecule has 0 bridgehead atoms. The van der Waals surface area contributed by atoms with Gasteiger partial charge in [0.05, 0.1) is 6.10 Å². The number of rotatable bonds is 6. The highest BCUT2D eigenvalue weighted by atomic mass is 16.5. The van der Waals surface area contributed by atoms with Gasteiger partial charge >= 0.3 is 0 Å². The van der Waals surface area contributed by atoms with Gasteiger partial charge in [0.25, 0.3) is 0 Å². The molecule has 1 N–H and O–H groups in total. The van der Waals surface area contributed by atoms with Crippen molar-refractivity contribution in [1.82, 2.24) is 5.32 Å². The molecule has 20 heavy (non-hydrogen) atoms. The van der Waals surface area contributed by atoms with E-state index in [4.69, 9.17) is 4.74 Å². The van der Waals surface area contributed by atoms with E-state index in [9.17, 15) is 0 Å². The third-order valence-electron chi connectivity index (χ3n) is 4.35. The second kappa shape index (κ2) is 6.62. The zero-order valence-electron chi connectivity index (χ0n) is 13.4. The third kappa shape index (κ3) is 3.76. The minimum Gasteiger partial charge on any atom is -0.491 e. The average molecular weight is 275 g/mol. The molecular formula is C18H29NO. The van der Waals surface area contributed by atoms with Gasteiger partial charge in [-0.3, -0.25) is 0 Å². The van der Waals surface area contributed by atoms with Gasteiger partial charge in [-0.25, -0.2) is 0 Å². The van der Waals surface area contributed by atoms with Crippen molar-refractivity contribution >= 4 is 0 Å². The minimum absolute atomic E-state index is 0.241. The Bertz CT molecular complexity index is 412. The summed E-state index contributed by atoms with van der Waals surface area (Å²) >= 11 is 0. The quantitative estimate of drug-likeness (QED) is 0.836. The van der Waals surface area contributed by atoms with Crippen molar-refractivity contribution in [1.29, 1.82) is 0 Å². The molecule has 112 valence electrons. The van der Waals surface area contributed by atoms with Gasteiger partial charge in [0.15, 0.2) is 0 Å². The maximum atomic E-state index is 5.73. The van der Waals surface area contributed by atoms with E-state index in [2.05, 4.69) is 57.3 Å². The van der Waals surface area contributed by atoms with E-state index in [0.29, 0.717) is 11.5 Å². The number of hydrogen-bond acceptors (Lipinski definition) is 2. The Labute approximate surface area is 123 Å². The lowest BCUT2D eigenvalue weighted by Crippen LogP contribution is -2.29. The van der Waals surface area contributed by atoms with Crippen molar-refractivity contribution in [2.75, 3.05) is 6.54 Å². The maximum absolute atomic E-state index is 5.73.